The molecule has 23 heavy (non-hydrogen) atoms. The van der Waals surface area contributed by atoms with E-state index in [-0.39, 0.29) is 0 Å². The van der Waals surface area contributed by atoms with Crippen molar-refractivity contribution < 1.29 is 4.74 Å². The van der Waals surface area contributed by atoms with Gasteiger partial charge >= 0.3 is 0 Å². The van der Waals surface area contributed by atoms with E-state index >= 15 is 0 Å². The number of benzene rings is 2. The number of rotatable bonds is 3. The van der Waals surface area contributed by atoms with Crippen LogP contribution < -0.4 is 4.74 Å². The molecule has 4 aromatic rings. The predicted octanol–water partition coefficient (Wildman–Crippen LogP) is 4.79. The lowest BCUT2D eigenvalue weighted by Gasteiger charge is -2.05. The van der Waals surface area contributed by atoms with E-state index in [1.807, 2.05) is 48.5 Å². The second-order valence-electron chi connectivity index (χ2n) is 5.00. The Morgan fingerprint density at radius 1 is 0.957 bits per heavy atom. The maximum atomic E-state index is 5.99. The van der Waals surface area contributed by atoms with Gasteiger partial charge in [-0.1, -0.05) is 23.7 Å². The van der Waals surface area contributed by atoms with Gasteiger partial charge in [0.25, 0.3) is 0 Å². The fraction of sp³-hybridized carbons (Fsp3) is 0.0588. The first-order valence-corrected chi connectivity index (χ1v) is 8.25. The van der Waals surface area contributed by atoms with Crippen molar-refractivity contribution in [2.45, 2.75) is 0 Å². The summed E-state index contributed by atoms with van der Waals surface area (Å²) in [5.74, 6) is 1.63. The Balaban J connectivity index is 1.87. The summed E-state index contributed by atoms with van der Waals surface area (Å²) in [5, 5.41) is 11.4. The Morgan fingerprint density at radius 2 is 1.65 bits per heavy atom. The summed E-state index contributed by atoms with van der Waals surface area (Å²) in [6, 6.07) is 15.6. The molecule has 0 aliphatic heterocycles. The highest BCUT2D eigenvalue weighted by atomic mass is 35.5. The Morgan fingerprint density at radius 3 is 2.35 bits per heavy atom. The van der Waals surface area contributed by atoms with E-state index in [0.717, 1.165) is 38.4 Å². The van der Waals surface area contributed by atoms with Crippen molar-refractivity contribution in [3.8, 4) is 28.4 Å². The molecule has 0 spiro atoms. The van der Waals surface area contributed by atoms with E-state index < -0.39 is 0 Å². The van der Waals surface area contributed by atoms with Gasteiger partial charge in [-0.25, -0.2) is 0 Å². The first-order valence-electron chi connectivity index (χ1n) is 6.99. The van der Waals surface area contributed by atoms with E-state index in [9.17, 15) is 0 Å². The van der Waals surface area contributed by atoms with Gasteiger partial charge in [0, 0.05) is 16.0 Å². The Labute approximate surface area is 141 Å². The number of hydrogen-bond acceptors (Lipinski definition) is 4. The van der Waals surface area contributed by atoms with Crippen LogP contribution in [-0.2, 0) is 0 Å². The third-order valence-electron chi connectivity index (χ3n) is 3.64. The van der Waals surface area contributed by atoms with Gasteiger partial charge in [0.05, 0.1) is 12.8 Å². The van der Waals surface area contributed by atoms with Gasteiger partial charge in [0.2, 0.25) is 4.96 Å². The molecule has 0 fully saturated rings. The van der Waals surface area contributed by atoms with E-state index in [1.54, 1.807) is 18.4 Å². The second kappa shape index (κ2) is 5.68. The average Bonchev–Trinajstić information content (AvgIpc) is 3.18. The molecule has 0 bridgehead atoms. The molecule has 2 heterocycles. The first-order chi connectivity index (χ1) is 11.3. The molecule has 0 N–H and O–H groups in total. The van der Waals surface area contributed by atoms with E-state index in [1.165, 1.54) is 0 Å². The molecule has 0 aliphatic rings. The highest BCUT2D eigenvalue weighted by Crippen LogP contribution is 2.31. The van der Waals surface area contributed by atoms with Gasteiger partial charge in [0.1, 0.15) is 5.75 Å². The van der Waals surface area contributed by atoms with Gasteiger partial charge in [0.15, 0.2) is 5.82 Å². The molecule has 0 amide bonds. The summed E-state index contributed by atoms with van der Waals surface area (Å²) in [7, 11) is 1.65. The molecule has 0 aliphatic carbocycles. The van der Waals surface area contributed by atoms with Crippen LogP contribution in [0.3, 0.4) is 0 Å². The smallest absolute Gasteiger partial charge is 0.216 e. The Bertz CT molecular complexity index is 958. The van der Waals surface area contributed by atoms with Crippen LogP contribution in [0.25, 0.3) is 27.6 Å². The molecule has 0 radical (unpaired) electrons. The van der Waals surface area contributed by atoms with Crippen molar-refractivity contribution in [2.24, 2.45) is 0 Å². The monoisotopic (exact) mass is 341 g/mol. The fourth-order valence-corrected chi connectivity index (χ4v) is 3.43. The van der Waals surface area contributed by atoms with E-state index in [2.05, 4.69) is 20.0 Å². The van der Waals surface area contributed by atoms with Crippen molar-refractivity contribution in [3.63, 3.8) is 0 Å². The van der Waals surface area contributed by atoms with Crippen molar-refractivity contribution in [1.29, 1.82) is 0 Å². The normalized spacial score (nSPS) is 11.0. The molecule has 0 saturated carbocycles. The number of hydrogen-bond donors (Lipinski definition) is 0. The van der Waals surface area contributed by atoms with Gasteiger partial charge in [-0.05, 0) is 42.0 Å². The zero-order valence-corrected chi connectivity index (χ0v) is 13.8. The third-order valence-corrected chi connectivity index (χ3v) is 4.71. The van der Waals surface area contributed by atoms with Gasteiger partial charge < -0.3 is 4.74 Å². The standard InChI is InChI=1S/C17H12ClN3OS/c1-22-14-8-4-12(5-9-14)16-19-20-17-21(16)15(10-23-17)11-2-6-13(18)7-3-11/h2-10H,1H3. The fourth-order valence-electron chi connectivity index (χ4n) is 2.47. The predicted molar refractivity (Wildman–Crippen MR) is 93.3 cm³/mol. The van der Waals surface area contributed by atoms with Crippen LogP contribution in [0.15, 0.2) is 53.9 Å². The molecule has 2 aromatic heterocycles. The summed E-state index contributed by atoms with van der Waals surface area (Å²) in [4.78, 5) is 0.862. The van der Waals surface area contributed by atoms with Gasteiger partial charge in [-0.2, -0.15) is 0 Å². The molecule has 114 valence electrons. The lowest BCUT2D eigenvalue weighted by Crippen LogP contribution is -1.91. The highest BCUT2D eigenvalue weighted by molar-refractivity contribution is 7.15. The van der Waals surface area contributed by atoms with Gasteiger partial charge in [-0.15, -0.1) is 21.5 Å². The van der Waals surface area contributed by atoms with Crippen molar-refractivity contribution >= 4 is 27.9 Å². The molecule has 0 unspecified atom stereocenters. The minimum absolute atomic E-state index is 0.722. The van der Waals surface area contributed by atoms with Crippen LogP contribution in [0.5, 0.6) is 5.75 Å². The number of methoxy groups -OCH3 is 1. The molecule has 6 heteroatoms. The molecular formula is C17H12ClN3OS. The summed E-state index contributed by atoms with van der Waals surface area (Å²) in [5.41, 5.74) is 3.12. The minimum atomic E-state index is 0.722. The molecular weight excluding hydrogens is 330 g/mol. The second-order valence-corrected chi connectivity index (χ2v) is 6.27. The van der Waals surface area contributed by atoms with Crippen LogP contribution in [-0.4, -0.2) is 21.7 Å². The number of fused-ring (bicyclic) bond motifs is 1. The zero-order valence-electron chi connectivity index (χ0n) is 12.2. The maximum Gasteiger partial charge on any atom is 0.216 e. The molecule has 0 saturated heterocycles. The molecule has 4 rings (SSSR count). The largest absolute Gasteiger partial charge is 0.497 e. The summed E-state index contributed by atoms with van der Waals surface area (Å²) in [6.07, 6.45) is 0. The number of thiazole rings is 1. The number of ether oxygens (including phenoxy) is 1. The number of halogens is 1. The van der Waals surface area contributed by atoms with Gasteiger partial charge in [-0.3, -0.25) is 4.40 Å². The van der Waals surface area contributed by atoms with Crippen LogP contribution in [0.2, 0.25) is 5.02 Å². The lowest BCUT2D eigenvalue weighted by molar-refractivity contribution is 0.415. The molecule has 4 nitrogen and oxygen atoms in total. The summed E-state index contributed by atoms with van der Waals surface area (Å²) >= 11 is 7.55. The molecule has 2 aromatic carbocycles. The topological polar surface area (TPSA) is 39.4 Å². The van der Waals surface area contributed by atoms with Crippen molar-refractivity contribution in [1.82, 2.24) is 14.6 Å². The maximum absolute atomic E-state index is 5.99. The number of aromatic nitrogens is 3. The van der Waals surface area contributed by atoms with Crippen molar-refractivity contribution in [2.75, 3.05) is 7.11 Å². The SMILES string of the molecule is COc1ccc(-c2nnc3scc(-c4ccc(Cl)cc4)n23)cc1. The minimum Gasteiger partial charge on any atom is -0.497 e. The zero-order chi connectivity index (χ0) is 15.8. The quantitative estimate of drug-likeness (QED) is 0.538. The van der Waals surface area contributed by atoms with E-state index in [0.29, 0.717) is 0 Å². The number of nitrogens with zero attached hydrogens (tertiary/aromatic N) is 3. The first kappa shape index (κ1) is 14.2. The highest BCUT2D eigenvalue weighted by Gasteiger charge is 2.15. The Hall–Kier alpha value is -2.37. The Kier molecular flexibility index (Phi) is 3.52. The molecule has 0 atom stereocenters. The van der Waals surface area contributed by atoms with Crippen LogP contribution in [0, 0.1) is 0 Å². The summed E-state index contributed by atoms with van der Waals surface area (Å²) < 4.78 is 7.28. The van der Waals surface area contributed by atoms with Crippen molar-refractivity contribution in [3.05, 3.63) is 58.9 Å². The van der Waals surface area contributed by atoms with Crippen LogP contribution in [0.4, 0.5) is 0 Å². The third kappa shape index (κ3) is 2.48. The lowest BCUT2D eigenvalue weighted by atomic mass is 10.1. The van der Waals surface area contributed by atoms with Crippen LogP contribution in [0.1, 0.15) is 0 Å². The average molecular weight is 342 g/mol. The summed E-state index contributed by atoms with van der Waals surface area (Å²) in [6.45, 7) is 0. The van der Waals surface area contributed by atoms with E-state index in [4.69, 9.17) is 16.3 Å². The van der Waals surface area contributed by atoms with Crippen LogP contribution >= 0.6 is 22.9 Å².